The van der Waals surface area contributed by atoms with Gasteiger partial charge in [-0.1, -0.05) is 12.2 Å². The van der Waals surface area contributed by atoms with Gasteiger partial charge in [-0.05, 0) is 45.6 Å². The molecule has 0 amide bonds. The molecule has 1 aliphatic carbocycles. The number of hydrogen-bond donors (Lipinski definition) is 0. The molecule has 1 aliphatic heterocycles. The SMILES string of the molecule is C=C1CCCN(C(C)C)C2CC12. The predicted molar refractivity (Wildman–Crippen MR) is 52.1 cm³/mol. The quantitative estimate of drug-likeness (QED) is 0.539. The van der Waals surface area contributed by atoms with Crippen LogP contribution in [0.3, 0.4) is 0 Å². The van der Waals surface area contributed by atoms with Crippen LogP contribution in [0.1, 0.15) is 33.1 Å². The van der Waals surface area contributed by atoms with Crippen molar-refractivity contribution in [3.63, 3.8) is 0 Å². The topological polar surface area (TPSA) is 3.24 Å². The fourth-order valence-corrected chi connectivity index (χ4v) is 2.47. The Kier molecular flexibility index (Phi) is 1.99. The molecule has 0 aromatic rings. The summed E-state index contributed by atoms with van der Waals surface area (Å²) in [6.45, 7) is 10.1. The number of nitrogens with zero attached hydrogens (tertiary/aromatic N) is 1. The Morgan fingerprint density at radius 2 is 2.25 bits per heavy atom. The summed E-state index contributed by atoms with van der Waals surface area (Å²) in [5.74, 6) is 0.856. The maximum Gasteiger partial charge on any atom is 0.0170 e. The fraction of sp³-hybridized carbons (Fsp3) is 0.818. The maximum atomic E-state index is 4.16. The summed E-state index contributed by atoms with van der Waals surface area (Å²) in [4.78, 5) is 2.66. The zero-order valence-corrected chi connectivity index (χ0v) is 8.21. The first-order valence-corrected chi connectivity index (χ1v) is 5.13. The van der Waals surface area contributed by atoms with E-state index < -0.39 is 0 Å². The van der Waals surface area contributed by atoms with E-state index in [4.69, 9.17) is 0 Å². The van der Waals surface area contributed by atoms with E-state index in [1.165, 1.54) is 31.4 Å². The highest BCUT2D eigenvalue weighted by molar-refractivity contribution is 5.17. The van der Waals surface area contributed by atoms with Gasteiger partial charge in [0.2, 0.25) is 0 Å². The summed E-state index contributed by atoms with van der Waals surface area (Å²) in [5, 5.41) is 0. The molecule has 0 bridgehead atoms. The Morgan fingerprint density at radius 1 is 1.50 bits per heavy atom. The van der Waals surface area contributed by atoms with Gasteiger partial charge in [0.25, 0.3) is 0 Å². The van der Waals surface area contributed by atoms with Gasteiger partial charge in [0.15, 0.2) is 0 Å². The van der Waals surface area contributed by atoms with E-state index in [2.05, 4.69) is 25.3 Å². The van der Waals surface area contributed by atoms with E-state index in [1.54, 1.807) is 0 Å². The Hall–Kier alpha value is -0.300. The van der Waals surface area contributed by atoms with Gasteiger partial charge in [0, 0.05) is 12.1 Å². The van der Waals surface area contributed by atoms with Gasteiger partial charge in [-0.2, -0.15) is 0 Å². The summed E-state index contributed by atoms with van der Waals surface area (Å²) < 4.78 is 0. The lowest BCUT2D eigenvalue weighted by Gasteiger charge is -2.25. The highest BCUT2D eigenvalue weighted by Crippen LogP contribution is 2.45. The molecule has 0 N–H and O–H groups in total. The average Bonchev–Trinajstić information content (AvgIpc) is 2.73. The number of hydrogen-bond acceptors (Lipinski definition) is 1. The third kappa shape index (κ3) is 1.31. The number of rotatable bonds is 1. The first-order valence-electron chi connectivity index (χ1n) is 5.13. The highest BCUT2D eigenvalue weighted by Gasteiger charge is 2.45. The first kappa shape index (κ1) is 8.31. The van der Waals surface area contributed by atoms with Crippen molar-refractivity contribution in [2.45, 2.75) is 45.2 Å². The maximum absolute atomic E-state index is 4.16. The number of likely N-dealkylation sites (tertiary alicyclic amines) is 1. The summed E-state index contributed by atoms with van der Waals surface area (Å²) >= 11 is 0. The van der Waals surface area contributed by atoms with Crippen molar-refractivity contribution in [1.29, 1.82) is 0 Å². The van der Waals surface area contributed by atoms with Crippen LogP contribution in [-0.2, 0) is 0 Å². The molecule has 2 aliphatic rings. The summed E-state index contributed by atoms with van der Waals surface area (Å²) in [6, 6.07) is 1.59. The third-order valence-corrected chi connectivity index (χ3v) is 3.28. The molecule has 1 saturated carbocycles. The van der Waals surface area contributed by atoms with E-state index in [0.29, 0.717) is 0 Å². The van der Waals surface area contributed by atoms with Crippen molar-refractivity contribution in [3.05, 3.63) is 12.2 Å². The molecule has 1 heterocycles. The molecule has 2 fully saturated rings. The minimum Gasteiger partial charge on any atom is -0.297 e. The second kappa shape index (κ2) is 2.88. The molecule has 0 radical (unpaired) electrons. The van der Waals surface area contributed by atoms with Crippen LogP contribution >= 0.6 is 0 Å². The largest absolute Gasteiger partial charge is 0.297 e. The molecule has 68 valence electrons. The van der Waals surface area contributed by atoms with Crippen molar-refractivity contribution in [2.75, 3.05) is 6.54 Å². The average molecular weight is 165 g/mol. The summed E-state index contributed by atoms with van der Waals surface area (Å²) in [7, 11) is 0. The van der Waals surface area contributed by atoms with E-state index in [0.717, 1.165) is 18.0 Å². The molecule has 1 heteroatoms. The second-order valence-corrected chi connectivity index (χ2v) is 4.50. The zero-order chi connectivity index (χ0) is 8.72. The second-order valence-electron chi connectivity index (χ2n) is 4.50. The van der Waals surface area contributed by atoms with Crippen LogP contribution in [0.15, 0.2) is 12.2 Å². The molecule has 2 atom stereocenters. The first-order chi connectivity index (χ1) is 5.70. The fourth-order valence-electron chi connectivity index (χ4n) is 2.47. The van der Waals surface area contributed by atoms with Crippen LogP contribution in [0.25, 0.3) is 0 Å². The molecular formula is C11H19N. The van der Waals surface area contributed by atoms with Gasteiger partial charge < -0.3 is 0 Å². The standard InChI is InChI=1S/C11H19N/c1-8(2)12-6-4-5-9(3)10-7-11(10)12/h8,10-11H,3-7H2,1-2H3. The predicted octanol–water partition coefficient (Wildman–Crippen LogP) is 2.44. The lowest BCUT2D eigenvalue weighted by molar-refractivity contribution is 0.210. The smallest absolute Gasteiger partial charge is 0.0170 e. The van der Waals surface area contributed by atoms with Crippen LogP contribution in [-0.4, -0.2) is 23.5 Å². The van der Waals surface area contributed by atoms with Crippen LogP contribution in [0, 0.1) is 5.92 Å². The van der Waals surface area contributed by atoms with Gasteiger partial charge in [0.1, 0.15) is 0 Å². The van der Waals surface area contributed by atoms with E-state index in [1.807, 2.05) is 0 Å². The molecule has 12 heavy (non-hydrogen) atoms. The molecule has 0 aromatic carbocycles. The van der Waals surface area contributed by atoms with Gasteiger partial charge in [-0.25, -0.2) is 0 Å². The number of fused-ring (bicyclic) bond motifs is 1. The molecule has 2 unspecified atom stereocenters. The minimum atomic E-state index is 0.728. The van der Waals surface area contributed by atoms with Crippen molar-refractivity contribution in [1.82, 2.24) is 4.90 Å². The van der Waals surface area contributed by atoms with E-state index >= 15 is 0 Å². The Bertz CT molecular complexity index is 195. The third-order valence-electron chi connectivity index (χ3n) is 3.28. The van der Waals surface area contributed by atoms with Crippen LogP contribution in [0.2, 0.25) is 0 Å². The summed E-state index contributed by atoms with van der Waals surface area (Å²) in [5.41, 5.74) is 1.52. The monoisotopic (exact) mass is 165 g/mol. The minimum absolute atomic E-state index is 0.728. The molecule has 0 aromatic heterocycles. The van der Waals surface area contributed by atoms with Crippen molar-refractivity contribution in [3.8, 4) is 0 Å². The molecule has 0 spiro atoms. The van der Waals surface area contributed by atoms with Gasteiger partial charge in [0.05, 0.1) is 0 Å². The highest BCUT2D eigenvalue weighted by atomic mass is 15.2. The van der Waals surface area contributed by atoms with Crippen molar-refractivity contribution in [2.24, 2.45) is 5.92 Å². The van der Waals surface area contributed by atoms with E-state index in [9.17, 15) is 0 Å². The Labute approximate surface area is 75.4 Å². The molecule has 1 saturated heterocycles. The normalized spacial score (nSPS) is 36.4. The molecular weight excluding hydrogens is 146 g/mol. The lowest BCUT2D eigenvalue weighted by Crippen LogP contribution is -2.33. The molecule has 2 rings (SSSR count). The molecule has 1 nitrogen and oxygen atoms in total. The Balaban J connectivity index is 2.05. The van der Waals surface area contributed by atoms with Crippen LogP contribution in [0.5, 0.6) is 0 Å². The van der Waals surface area contributed by atoms with Crippen LogP contribution in [0.4, 0.5) is 0 Å². The summed E-state index contributed by atoms with van der Waals surface area (Å²) in [6.07, 6.45) is 3.98. The van der Waals surface area contributed by atoms with E-state index in [-0.39, 0.29) is 0 Å². The lowest BCUT2D eigenvalue weighted by atomic mass is 10.1. The van der Waals surface area contributed by atoms with Gasteiger partial charge in [-0.15, -0.1) is 0 Å². The van der Waals surface area contributed by atoms with Crippen molar-refractivity contribution < 1.29 is 0 Å². The van der Waals surface area contributed by atoms with Gasteiger partial charge >= 0.3 is 0 Å². The van der Waals surface area contributed by atoms with Crippen molar-refractivity contribution >= 4 is 0 Å². The zero-order valence-electron chi connectivity index (χ0n) is 8.21. The Morgan fingerprint density at radius 3 is 2.92 bits per heavy atom. The van der Waals surface area contributed by atoms with Crippen LogP contribution < -0.4 is 0 Å². The van der Waals surface area contributed by atoms with Gasteiger partial charge in [-0.3, -0.25) is 4.90 Å².